The number of nitrogens with two attached hydrogens (primary N) is 1. The van der Waals surface area contributed by atoms with Crippen LogP contribution in [0.4, 0.5) is 0 Å². The summed E-state index contributed by atoms with van der Waals surface area (Å²) >= 11 is 0. The number of rotatable bonds is 6. The Morgan fingerprint density at radius 3 is 2.10 bits per heavy atom. The van der Waals surface area contributed by atoms with Gasteiger partial charge < -0.3 is 15.8 Å². The third kappa shape index (κ3) is 3.50. The van der Waals surface area contributed by atoms with Crippen molar-refractivity contribution in [1.29, 1.82) is 0 Å². The summed E-state index contributed by atoms with van der Waals surface area (Å²) in [5, 5.41) is 12.4. The fraction of sp³-hybridized carbons (Fsp3) is 0.875. The van der Waals surface area contributed by atoms with Crippen molar-refractivity contribution >= 4 is 11.7 Å². The van der Waals surface area contributed by atoms with Crippen LogP contribution < -0.4 is 5.73 Å². The molecular weight excluding hydrogens is 266 g/mol. The first-order chi connectivity index (χ1) is 9.94. The van der Waals surface area contributed by atoms with E-state index < -0.39 is 5.41 Å². The lowest BCUT2D eigenvalue weighted by Crippen LogP contribution is -2.57. The van der Waals surface area contributed by atoms with E-state index >= 15 is 0 Å². The Labute approximate surface area is 128 Å². The lowest BCUT2D eigenvalue weighted by Gasteiger charge is -2.44. The third-order valence-corrected chi connectivity index (χ3v) is 4.79. The van der Waals surface area contributed by atoms with Gasteiger partial charge in [0.2, 0.25) is 5.91 Å². The van der Waals surface area contributed by atoms with E-state index in [1.165, 1.54) is 0 Å². The number of amides is 1. The first-order valence-electron chi connectivity index (χ1n) is 8.25. The second-order valence-corrected chi connectivity index (χ2v) is 6.41. The van der Waals surface area contributed by atoms with Gasteiger partial charge in [-0.3, -0.25) is 4.79 Å². The summed E-state index contributed by atoms with van der Waals surface area (Å²) in [6.45, 7) is 8.27. The Balaban J connectivity index is 3.19. The molecule has 1 rings (SSSR count). The van der Waals surface area contributed by atoms with Crippen LogP contribution in [0.5, 0.6) is 0 Å². The smallest absolute Gasteiger partial charge is 0.237 e. The van der Waals surface area contributed by atoms with Crippen molar-refractivity contribution in [2.45, 2.75) is 84.7 Å². The highest BCUT2D eigenvalue weighted by atomic mass is 16.4. The van der Waals surface area contributed by atoms with Gasteiger partial charge in [-0.15, -0.1) is 0 Å². The van der Waals surface area contributed by atoms with Crippen molar-refractivity contribution < 1.29 is 10.0 Å². The van der Waals surface area contributed by atoms with Gasteiger partial charge in [0.15, 0.2) is 5.84 Å². The molecule has 1 aliphatic heterocycles. The maximum absolute atomic E-state index is 13.3. The van der Waals surface area contributed by atoms with E-state index in [2.05, 4.69) is 19.0 Å². The van der Waals surface area contributed by atoms with Gasteiger partial charge in [-0.25, -0.2) is 0 Å². The van der Waals surface area contributed by atoms with E-state index in [-0.39, 0.29) is 23.8 Å². The second-order valence-electron chi connectivity index (χ2n) is 6.41. The van der Waals surface area contributed by atoms with Crippen LogP contribution >= 0.6 is 0 Å². The molecule has 3 N–H and O–H groups in total. The molecule has 5 heteroatoms. The van der Waals surface area contributed by atoms with Crippen LogP contribution in [0.1, 0.15) is 72.6 Å². The minimum absolute atomic E-state index is 0.0428. The number of nitrogens with zero attached hydrogens (tertiary/aromatic N) is 2. The average molecular weight is 297 g/mol. The summed E-state index contributed by atoms with van der Waals surface area (Å²) in [5.41, 5.74) is 5.13. The Morgan fingerprint density at radius 1 is 1.24 bits per heavy atom. The maximum Gasteiger partial charge on any atom is 0.237 e. The highest BCUT2D eigenvalue weighted by Gasteiger charge is 2.46. The Kier molecular flexibility index (Phi) is 6.49. The molecule has 1 fully saturated rings. The monoisotopic (exact) mass is 297 g/mol. The molecule has 0 saturated carbocycles. The van der Waals surface area contributed by atoms with E-state index in [4.69, 9.17) is 5.73 Å². The quantitative estimate of drug-likeness (QED) is 0.342. The van der Waals surface area contributed by atoms with Crippen LogP contribution in [0.2, 0.25) is 0 Å². The van der Waals surface area contributed by atoms with Gasteiger partial charge in [0.05, 0.1) is 0 Å². The first-order valence-corrected chi connectivity index (χ1v) is 8.25. The van der Waals surface area contributed by atoms with E-state index in [0.29, 0.717) is 12.8 Å². The van der Waals surface area contributed by atoms with Crippen LogP contribution in [0.3, 0.4) is 0 Å². The van der Waals surface area contributed by atoms with Crippen molar-refractivity contribution in [2.75, 3.05) is 0 Å². The number of likely N-dealkylation sites (tertiary alicyclic amines) is 1. The molecule has 0 aromatic carbocycles. The van der Waals surface area contributed by atoms with Crippen LogP contribution in [-0.2, 0) is 4.79 Å². The highest BCUT2D eigenvalue weighted by molar-refractivity contribution is 6.06. The van der Waals surface area contributed by atoms with Gasteiger partial charge in [0.1, 0.15) is 5.41 Å². The van der Waals surface area contributed by atoms with Crippen molar-refractivity contribution in [1.82, 2.24) is 4.90 Å². The van der Waals surface area contributed by atoms with Crippen LogP contribution in [0.15, 0.2) is 5.16 Å². The Hall–Kier alpha value is -1.26. The topological polar surface area (TPSA) is 78.9 Å². The number of hydrogen-bond acceptors (Lipinski definition) is 3. The largest absolute Gasteiger partial charge is 0.409 e. The van der Waals surface area contributed by atoms with Crippen molar-refractivity contribution in [3.05, 3.63) is 0 Å². The van der Waals surface area contributed by atoms with Gasteiger partial charge in [0.25, 0.3) is 0 Å². The zero-order valence-electron chi connectivity index (χ0n) is 13.9. The van der Waals surface area contributed by atoms with Crippen LogP contribution in [0.25, 0.3) is 0 Å². The van der Waals surface area contributed by atoms with Crippen LogP contribution in [0, 0.1) is 5.41 Å². The first kappa shape index (κ1) is 17.8. The predicted molar refractivity (Wildman–Crippen MR) is 85.3 cm³/mol. The molecule has 2 atom stereocenters. The molecule has 0 unspecified atom stereocenters. The fourth-order valence-electron chi connectivity index (χ4n) is 3.72. The minimum atomic E-state index is -0.849. The van der Waals surface area contributed by atoms with Crippen molar-refractivity contribution in [3.63, 3.8) is 0 Å². The summed E-state index contributed by atoms with van der Waals surface area (Å²) in [5.74, 6) is 0.113. The molecule has 122 valence electrons. The predicted octanol–water partition coefficient (Wildman–Crippen LogP) is 3.11. The van der Waals surface area contributed by atoms with E-state index in [1.807, 2.05) is 18.7 Å². The Bertz CT molecular complexity index is 366. The van der Waals surface area contributed by atoms with Gasteiger partial charge in [0, 0.05) is 12.1 Å². The molecular formula is C16H31N3O2. The summed E-state index contributed by atoms with van der Waals surface area (Å²) in [7, 11) is 0. The molecule has 1 saturated heterocycles. The molecule has 0 spiro atoms. The minimum Gasteiger partial charge on any atom is -0.409 e. The van der Waals surface area contributed by atoms with Crippen LogP contribution in [-0.4, -0.2) is 33.9 Å². The summed E-state index contributed by atoms with van der Waals surface area (Å²) in [4.78, 5) is 15.3. The number of carbonyl (C=O) groups is 1. The number of piperidine rings is 1. The molecule has 1 aliphatic rings. The number of hydrogen-bond donors (Lipinski definition) is 2. The molecule has 0 aliphatic carbocycles. The van der Waals surface area contributed by atoms with Gasteiger partial charge in [-0.2, -0.15) is 0 Å². The second kappa shape index (κ2) is 7.66. The SMILES string of the molecule is CCCC(CCC)(C(=O)N1[C@H](C)CCC[C@@H]1C)C(N)=NO. The lowest BCUT2D eigenvalue weighted by atomic mass is 9.75. The van der Waals surface area contributed by atoms with Crippen molar-refractivity contribution in [2.24, 2.45) is 16.3 Å². The molecule has 21 heavy (non-hydrogen) atoms. The third-order valence-electron chi connectivity index (χ3n) is 4.79. The molecule has 0 aromatic rings. The van der Waals surface area contributed by atoms with Gasteiger partial charge in [-0.05, 0) is 46.0 Å². The Morgan fingerprint density at radius 2 is 1.71 bits per heavy atom. The van der Waals surface area contributed by atoms with E-state index in [1.54, 1.807) is 0 Å². The molecule has 0 aromatic heterocycles. The number of carbonyl (C=O) groups excluding carboxylic acids is 1. The van der Waals surface area contributed by atoms with E-state index in [9.17, 15) is 10.0 Å². The lowest BCUT2D eigenvalue weighted by molar-refractivity contribution is -0.145. The number of amidine groups is 1. The zero-order chi connectivity index (χ0) is 16.0. The van der Waals surface area contributed by atoms with Gasteiger partial charge >= 0.3 is 0 Å². The normalized spacial score (nSPS) is 24.2. The molecule has 1 heterocycles. The molecule has 1 amide bonds. The fourth-order valence-corrected chi connectivity index (χ4v) is 3.72. The van der Waals surface area contributed by atoms with E-state index in [0.717, 1.165) is 32.1 Å². The molecule has 0 radical (unpaired) electrons. The summed E-state index contributed by atoms with van der Waals surface area (Å²) in [6, 6.07) is 0.446. The molecule has 5 nitrogen and oxygen atoms in total. The summed E-state index contributed by atoms with van der Waals surface area (Å²) in [6.07, 6.45) is 6.14. The highest BCUT2D eigenvalue weighted by Crippen LogP contribution is 2.36. The zero-order valence-corrected chi connectivity index (χ0v) is 13.9. The summed E-state index contributed by atoms with van der Waals surface area (Å²) < 4.78 is 0. The van der Waals surface area contributed by atoms with Crippen molar-refractivity contribution in [3.8, 4) is 0 Å². The molecule has 0 bridgehead atoms. The number of oxime groups is 1. The average Bonchev–Trinajstić information content (AvgIpc) is 2.45. The van der Waals surface area contributed by atoms with Gasteiger partial charge in [-0.1, -0.05) is 31.8 Å². The standard InChI is InChI=1S/C16H31N3O2/c1-5-10-16(11-6-2,14(17)18-21)15(20)19-12(3)8-7-9-13(19)4/h12-13,21H,5-11H2,1-4H3,(H2,17,18)/t12-,13+. The maximum atomic E-state index is 13.3.